The highest BCUT2D eigenvalue weighted by Gasteiger charge is 2.27. The van der Waals surface area contributed by atoms with Gasteiger partial charge in [0.1, 0.15) is 22.7 Å². The SMILES string of the molecule is CN(C)[C@@H]1CCN(c2cc(C(=O)O)c3c(ccc4nn(-c5cccc(F)c5)nc43)n2)C1. The highest BCUT2D eigenvalue weighted by molar-refractivity contribution is 6.13. The minimum absolute atomic E-state index is 0.130. The van der Waals surface area contributed by atoms with Gasteiger partial charge in [0.05, 0.1) is 16.8 Å². The number of hydrogen-bond acceptors (Lipinski definition) is 6. The van der Waals surface area contributed by atoms with E-state index >= 15 is 0 Å². The van der Waals surface area contributed by atoms with Crippen LogP contribution in [0, 0.1) is 5.82 Å². The van der Waals surface area contributed by atoms with Crippen molar-refractivity contribution in [3.8, 4) is 5.69 Å². The molecule has 0 amide bonds. The fraction of sp³-hybridized carbons (Fsp3) is 0.273. The van der Waals surface area contributed by atoms with E-state index < -0.39 is 11.8 Å². The number of anilines is 1. The van der Waals surface area contributed by atoms with Crippen LogP contribution in [0.25, 0.3) is 27.6 Å². The lowest BCUT2D eigenvalue weighted by atomic mass is 10.1. The van der Waals surface area contributed by atoms with Gasteiger partial charge >= 0.3 is 5.97 Å². The summed E-state index contributed by atoms with van der Waals surface area (Å²) in [5.41, 5.74) is 2.07. The Morgan fingerprint density at radius 2 is 1.97 bits per heavy atom. The monoisotopic (exact) mass is 420 g/mol. The van der Waals surface area contributed by atoms with Crippen molar-refractivity contribution in [1.29, 1.82) is 0 Å². The molecule has 8 nitrogen and oxygen atoms in total. The first-order valence-corrected chi connectivity index (χ1v) is 10.0. The van der Waals surface area contributed by atoms with E-state index in [2.05, 4.69) is 20.0 Å². The maximum Gasteiger partial charge on any atom is 0.336 e. The minimum atomic E-state index is -1.05. The second-order valence-corrected chi connectivity index (χ2v) is 7.98. The first kappa shape index (κ1) is 19.4. The summed E-state index contributed by atoms with van der Waals surface area (Å²) in [5.74, 6) is -0.807. The van der Waals surface area contributed by atoms with E-state index in [0.717, 1.165) is 19.5 Å². The zero-order chi connectivity index (χ0) is 21.7. The van der Waals surface area contributed by atoms with Crippen molar-refractivity contribution in [2.75, 3.05) is 32.1 Å². The molecule has 0 saturated carbocycles. The summed E-state index contributed by atoms with van der Waals surface area (Å²) in [6.07, 6.45) is 0.996. The first-order chi connectivity index (χ1) is 14.9. The molecule has 2 aromatic carbocycles. The Hall–Kier alpha value is -3.59. The quantitative estimate of drug-likeness (QED) is 0.543. The van der Waals surface area contributed by atoms with Crippen LogP contribution in [0.5, 0.6) is 0 Å². The number of fused-ring (bicyclic) bond motifs is 3. The molecule has 5 rings (SSSR count). The van der Waals surface area contributed by atoms with Gasteiger partial charge in [-0.3, -0.25) is 0 Å². The Bertz CT molecular complexity index is 1320. The number of benzene rings is 2. The lowest BCUT2D eigenvalue weighted by molar-refractivity contribution is 0.0699. The largest absolute Gasteiger partial charge is 0.478 e. The molecule has 1 saturated heterocycles. The zero-order valence-electron chi connectivity index (χ0n) is 17.2. The highest BCUT2D eigenvalue weighted by Crippen LogP contribution is 2.30. The van der Waals surface area contributed by atoms with E-state index in [0.29, 0.717) is 39.5 Å². The third-order valence-corrected chi connectivity index (χ3v) is 5.80. The van der Waals surface area contributed by atoms with Gasteiger partial charge in [-0.25, -0.2) is 14.2 Å². The molecule has 1 N–H and O–H groups in total. The van der Waals surface area contributed by atoms with Crippen molar-refractivity contribution < 1.29 is 14.3 Å². The summed E-state index contributed by atoms with van der Waals surface area (Å²) in [5, 5.41) is 19.3. The molecular weight excluding hydrogens is 399 g/mol. The summed E-state index contributed by atoms with van der Waals surface area (Å²) < 4.78 is 13.6. The molecule has 158 valence electrons. The van der Waals surface area contributed by atoms with Crippen LogP contribution in [0.2, 0.25) is 0 Å². The number of halogens is 1. The van der Waals surface area contributed by atoms with Gasteiger partial charge in [0, 0.05) is 30.6 Å². The van der Waals surface area contributed by atoms with Crippen molar-refractivity contribution in [2.45, 2.75) is 12.5 Å². The van der Waals surface area contributed by atoms with Crippen molar-refractivity contribution in [3.63, 3.8) is 0 Å². The average molecular weight is 420 g/mol. The topological polar surface area (TPSA) is 87.4 Å². The second kappa shape index (κ2) is 7.28. The number of pyridine rings is 1. The summed E-state index contributed by atoms with van der Waals surface area (Å²) in [6, 6.07) is 11.5. The Morgan fingerprint density at radius 3 is 2.68 bits per heavy atom. The van der Waals surface area contributed by atoms with E-state index in [-0.39, 0.29) is 5.56 Å². The van der Waals surface area contributed by atoms with Gasteiger partial charge in [-0.15, -0.1) is 10.2 Å². The third kappa shape index (κ3) is 3.36. The molecule has 31 heavy (non-hydrogen) atoms. The zero-order valence-corrected chi connectivity index (χ0v) is 17.2. The summed E-state index contributed by atoms with van der Waals surface area (Å²) in [6.45, 7) is 1.61. The van der Waals surface area contributed by atoms with Crippen LogP contribution in [0.1, 0.15) is 16.8 Å². The van der Waals surface area contributed by atoms with E-state index in [1.165, 1.54) is 16.9 Å². The van der Waals surface area contributed by atoms with Gasteiger partial charge in [-0.05, 0) is 50.8 Å². The number of likely N-dealkylation sites (N-methyl/N-ethyl adjacent to an activating group) is 1. The van der Waals surface area contributed by atoms with Gasteiger partial charge in [0.25, 0.3) is 0 Å². The smallest absolute Gasteiger partial charge is 0.336 e. The summed E-state index contributed by atoms with van der Waals surface area (Å²) >= 11 is 0. The van der Waals surface area contributed by atoms with Crippen LogP contribution in [-0.2, 0) is 0 Å². The van der Waals surface area contributed by atoms with Crippen LogP contribution in [0.3, 0.4) is 0 Å². The van der Waals surface area contributed by atoms with E-state index in [1.807, 2.05) is 14.1 Å². The van der Waals surface area contributed by atoms with Gasteiger partial charge in [-0.2, -0.15) is 4.80 Å². The lowest BCUT2D eigenvalue weighted by Gasteiger charge is -2.21. The van der Waals surface area contributed by atoms with Crippen LogP contribution in [0.15, 0.2) is 42.5 Å². The molecule has 3 heterocycles. The molecule has 0 spiro atoms. The van der Waals surface area contributed by atoms with Gasteiger partial charge in [0.2, 0.25) is 0 Å². The molecule has 1 atom stereocenters. The lowest BCUT2D eigenvalue weighted by Crippen LogP contribution is -2.31. The van der Waals surface area contributed by atoms with Gasteiger partial charge < -0.3 is 14.9 Å². The summed E-state index contributed by atoms with van der Waals surface area (Å²) in [7, 11) is 4.09. The molecular formula is C22H21FN6O2. The van der Waals surface area contributed by atoms with Crippen LogP contribution in [0.4, 0.5) is 10.2 Å². The fourth-order valence-electron chi connectivity index (χ4n) is 4.10. The van der Waals surface area contributed by atoms with Crippen LogP contribution >= 0.6 is 0 Å². The number of rotatable bonds is 4. The van der Waals surface area contributed by atoms with Crippen molar-refractivity contribution in [3.05, 3.63) is 53.8 Å². The van der Waals surface area contributed by atoms with E-state index in [1.54, 1.807) is 30.3 Å². The Labute approximate surface area is 177 Å². The summed E-state index contributed by atoms with van der Waals surface area (Å²) in [4.78, 5) is 22.5. The highest BCUT2D eigenvalue weighted by atomic mass is 19.1. The Kier molecular flexibility index (Phi) is 4.55. The van der Waals surface area contributed by atoms with E-state index in [4.69, 9.17) is 4.98 Å². The Balaban J connectivity index is 1.66. The number of carboxylic acid groups (broad SMARTS) is 1. The van der Waals surface area contributed by atoms with Crippen molar-refractivity contribution in [1.82, 2.24) is 24.9 Å². The molecule has 0 radical (unpaired) electrons. The maximum atomic E-state index is 13.6. The van der Waals surface area contributed by atoms with Crippen LogP contribution < -0.4 is 4.90 Å². The number of carbonyl (C=O) groups is 1. The fourth-order valence-corrected chi connectivity index (χ4v) is 4.10. The number of hydrogen-bond donors (Lipinski definition) is 1. The molecule has 0 aliphatic carbocycles. The predicted molar refractivity (Wildman–Crippen MR) is 115 cm³/mol. The molecule has 0 bridgehead atoms. The van der Waals surface area contributed by atoms with Crippen molar-refractivity contribution >= 4 is 33.7 Å². The van der Waals surface area contributed by atoms with E-state index in [9.17, 15) is 14.3 Å². The third-order valence-electron chi connectivity index (χ3n) is 5.80. The molecule has 9 heteroatoms. The number of carboxylic acids is 1. The number of aromatic carboxylic acids is 1. The van der Waals surface area contributed by atoms with Crippen molar-refractivity contribution in [2.24, 2.45) is 0 Å². The predicted octanol–water partition coefficient (Wildman–Crippen LogP) is 2.95. The normalized spacial score (nSPS) is 16.6. The van der Waals surface area contributed by atoms with Gasteiger partial charge in [-0.1, -0.05) is 6.07 Å². The van der Waals surface area contributed by atoms with Crippen LogP contribution in [-0.4, -0.2) is 69.2 Å². The first-order valence-electron chi connectivity index (χ1n) is 10.0. The molecule has 2 aromatic heterocycles. The molecule has 4 aromatic rings. The average Bonchev–Trinajstić information content (AvgIpc) is 3.40. The second-order valence-electron chi connectivity index (χ2n) is 7.98. The minimum Gasteiger partial charge on any atom is -0.478 e. The van der Waals surface area contributed by atoms with Gasteiger partial charge in [0.15, 0.2) is 0 Å². The maximum absolute atomic E-state index is 13.6. The molecule has 1 fully saturated rings. The molecule has 0 unspecified atom stereocenters. The molecule has 1 aliphatic rings. The standard InChI is InChI=1S/C22H21FN6O2/c1-27(2)15-8-9-28(12-15)19-11-16(22(30)31)20-17(24-19)6-7-18-21(20)26-29(25-18)14-5-3-4-13(23)10-14/h3-7,10-11,15H,8-9,12H2,1-2H3,(H,30,31)/t15-/m1/s1. The number of aromatic nitrogens is 4. The number of nitrogens with zero attached hydrogens (tertiary/aromatic N) is 6. The molecule has 1 aliphatic heterocycles. The Morgan fingerprint density at radius 1 is 1.16 bits per heavy atom.